The molecule has 0 aliphatic carbocycles. The van der Waals surface area contributed by atoms with E-state index in [0.717, 1.165) is 5.56 Å². The van der Waals surface area contributed by atoms with Gasteiger partial charge < -0.3 is 14.2 Å². The van der Waals surface area contributed by atoms with Gasteiger partial charge in [-0.2, -0.15) is 0 Å². The summed E-state index contributed by atoms with van der Waals surface area (Å²) in [6.07, 6.45) is -0.0888. The van der Waals surface area contributed by atoms with E-state index < -0.39 is 23.6 Å². The van der Waals surface area contributed by atoms with Crippen LogP contribution in [0.15, 0.2) is 30.3 Å². The third-order valence-electron chi connectivity index (χ3n) is 3.51. The van der Waals surface area contributed by atoms with Gasteiger partial charge in [-0.25, -0.2) is 4.79 Å². The largest absolute Gasteiger partial charge is 0.462 e. The zero-order valence-corrected chi connectivity index (χ0v) is 10.3. The molecule has 1 aromatic rings. The number of hydrogen-bond donors (Lipinski definition) is 0. The van der Waals surface area contributed by atoms with E-state index in [4.69, 9.17) is 14.2 Å². The average molecular weight is 262 g/mol. The van der Waals surface area contributed by atoms with Crippen molar-refractivity contribution in [1.29, 1.82) is 0 Å². The van der Waals surface area contributed by atoms with Gasteiger partial charge in [-0.15, -0.1) is 0 Å². The molecule has 0 saturated carbocycles. The summed E-state index contributed by atoms with van der Waals surface area (Å²) in [6.45, 7) is 0.620. The zero-order valence-electron chi connectivity index (χ0n) is 10.3. The summed E-state index contributed by atoms with van der Waals surface area (Å²) >= 11 is 0. The summed E-state index contributed by atoms with van der Waals surface area (Å²) < 4.78 is 15.8. The topological polar surface area (TPSA) is 61.8 Å². The first-order valence-electron chi connectivity index (χ1n) is 6.25. The summed E-state index contributed by atoms with van der Waals surface area (Å²) in [7, 11) is 0. The van der Waals surface area contributed by atoms with Crippen LogP contribution in [0.3, 0.4) is 0 Å². The van der Waals surface area contributed by atoms with Crippen molar-refractivity contribution in [1.82, 2.24) is 0 Å². The second kappa shape index (κ2) is 4.66. The molecule has 3 rings (SSSR count). The summed E-state index contributed by atoms with van der Waals surface area (Å²) in [4.78, 5) is 23.2. The van der Waals surface area contributed by atoms with Crippen molar-refractivity contribution in [3.63, 3.8) is 0 Å². The van der Waals surface area contributed by atoms with E-state index in [0.29, 0.717) is 13.0 Å². The monoisotopic (exact) mass is 262 g/mol. The average Bonchev–Trinajstić information content (AvgIpc) is 2.93. The fourth-order valence-electron chi connectivity index (χ4n) is 2.50. The molecule has 19 heavy (non-hydrogen) atoms. The number of rotatable bonds is 3. The van der Waals surface area contributed by atoms with Crippen molar-refractivity contribution in [2.75, 3.05) is 6.61 Å². The molecule has 2 atom stereocenters. The summed E-state index contributed by atoms with van der Waals surface area (Å²) in [5.74, 6) is -0.895. The molecule has 100 valence electrons. The van der Waals surface area contributed by atoms with Gasteiger partial charge in [0.05, 0.1) is 19.6 Å². The molecule has 2 aliphatic rings. The van der Waals surface area contributed by atoms with Crippen LogP contribution in [0, 0.1) is 0 Å². The highest BCUT2D eigenvalue weighted by Crippen LogP contribution is 2.38. The Kier molecular flexibility index (Phi) is 2.98. The molecule has 2 aliphatic heterocycles. The normalized spacial score (nSPS) is 29.6. The van der Waals surface area contributed by atoms with E-state index in [1.807, 2.05) is 30.3 Å². The molecule has 5 heteroatoms. The predicted molar refractivity (Wildman–Crippen MR) is 64.0 cm³/mol. The van der Waals surface area contributed by atoms with Crippen LogP contribution in [-0.4, -0.2) is 30.3 Å². The fourth-order valence-corrected chi connectivity index (χ4v) is 2.50. The smallest absolute Gasteiger partial charge is 0.353 e. The quantitative estimate of drug-likeness (QED) is 0.766. The van der Waals surface area contributed by atoms with Crippen LogP contribution in [-0.2, 0) is 30.4 Å². The minimum absolute atomic E-state index is 0.0991. The molecule has 0 bridgehead atoms. The van der Waals surface area contributed by atoms with Gasteiger partial charge >= 0.3 is 11.9 Å². The maximum atomic E-state index is 11.8. The molecule has 2 saturated heterocycles. The van der Waals surface area contributed by atoms with E-state index in [2.05, 4.69) is 0 Å². The van der Waals surface area contributed by atoms with Gasteiger partial charge in [0.2, 0.25) is 5.60 Å². The molecule has 2 fully saturated rings. The van der Waals surface area contributed by atoms with Crippen LogP contribution in [0.4, 0.5) is 0 Å². The molecule has 0 N–H and O–H groups in total. The summed E-state index contributed by atoms with van der Waals surface area (Å²) in [6, 6.07) is 9.60. The van der Waals surface area contributed by atoms with Crippen LogP contribution in [0.5, 0.6) is 0 Å². The third-order valence-corrected chi connectivity index (χ3v) is 3.51. The van der Waals surface area contributed by atoms with Crippen LogP contribution >= 0.6 is 0 Å². The minimum atomic E-state index is -1.22. The Labute approximate surface area is 110 Å². The van der Waals surface area contributed by atoms with Crippen molar-refractivity contribution < 1.29 is 23.8 Å². The van der Waals surface area contributed by atoms with Gasteiger partial charge in [-0.05, 0) is 5.56 Å². The van der Waals surface area contributed by atoms with E-state index in [1.165, 1.54) is 0 Å². The Morgan fingerprint density at radius 2 is 2.05 bits per heavy atom. The lowest BCUT2D eigenvalue weighted by Crippen LogP contribution is -2.45. The number of carbonyl (C=O) groups is 2. The van der Waals surface area contributed by atoms with Crippen LogP contribution in [0.2, 0.25) is 0 Å². The van der Waals surface area contributed by atoms with Crippen molar-refractivity contribution in [3.05, 3.63) is 35.9 Å². The Balaban J connectivity index is 1.72. The van der Waals surface area contributed by atoms with Gasteiger partial charge in [0.25, 0.3) is 0 Å². The van der Waals surface area contributed by atoms with E-state index in [9.17, 15) is 9.59 Å². The van der Waals surface area contributed by atoms with Crippen LogP contribution in [0.25, 0.3) is 0 Å². The number of hydrogen-bond acceptors (Lipinski definition) is 5. The van der Waals surface area contributed by atoms with Crippen molar-refractivity contribution in [2.24, 2.45) is 0 Å². The molecule has 0 radical (unpaired) electrons. The van der Waals surface area contributed by atoms with Gasteiger partial charge in [0, 0.05) is 6.42 Å². The maximum Gasteiger partial charge on any atom is 0.353 e. The number of benzene rings is 1. The van der Waals surface area contributed by atoms with Crippen LogP contribution < -0.4 is 0 Å². The number of ether oxygens (including phenoxy) is 3. The maximum absolute atomic E-state index is 11.8. The van der Waals surface area contributed by atoms with Crippen molar-refractivity contribution in [2.45, 2.75) is 31.2 Å². The van der Waals surface area contributed by atoms with E-state index in [-0.39, 0.29) is 13.0 Å². The molecule has 5 nitrogen and oxygen atoms in total. The Morgan fingerprint density at radius 3 is 2.74 bits per heavy atom. The first kappa shape index (κ1) is 12.2. The standard InChI is InChI=1S/C14H14O5/c15-12-8-11(14(19-12)6-7-17-13(14)16)18-9-10-4-2-1-3-5-10/h1-5,11H,6-9H2/t11-,14+/m0/s1. The zero-order chi connectivity index (χ0) is 13.3. The minimum Gasteiger partial charge on any atom is -0.462 e. The molecule has 0 amide bonds. The van der Waals surface area contributed by atoms with Crippen molar-refractivity contribution in [3.8, 4) is 0 Å². The molecule has 1 spiro atoms. The van der Waals surface area contributed by atoms with Crippen LogP contribution in [0.1, 0.15) is 18.4 Å². The first-order valence-corrected chi connectivity index (χ1v) is 6.25. The lowest BCUT2D eigenvalue weighted by atomic mass is 9.95. The molecule has 0 unspecified atom stereocenters. The molecule has 1 aromatic carbocycles. The highest BCUT2D eigenvalue weighted by atomic mass is 16.6. The fraction of sp³-hybridized carbons (Fsp3) is 0.429. The van der Waals surface area contributed by atoms with Gasteiger partial charge in [0.1, 0.15) is 6.10 Å². The molecular weight excluding hydrogens is 248 g/mol. The summed E-state index contributed by atoms with van der Waals surface area (Å²) in [5, 5.41) is 0. The Bertz CT molecular complexity index is 498. The lowest BCUT2D eigenvalue weighted by Gasteiger charge is -2.24. The van der Waals surface area contributed by atoms with Gasteiger partial charge in [-0.3, -0.25) is 4.79 Å². The SMILES string of the molecule is O=C1C[C@H](OCc2ccccc2)[C@@]2(CCOC2=O)O1. The third kappa shape index (κ3) is 2.10. The van der Waals surface area contributed by atoms with E-state index in [1.54, 1.807) is 0 Å². The predicted octanol–water partition coefficient (Wildman–Crippen LogP) is 1.20. The van der Waals surface area contributed by atoms with E-state index >= 15 is 0 Å². The highest BCUT2D eigenvalue weighted by molar-refractivity contribution is 5.89. The highest BCUT2D eigenvalue weighted by Gasteiger charge is 2.60. The molecule has 2 heterocycles. The second-order valence-corrected chi connectivity index (χ2v) is 4.74. The molecule has 0 aromatic heterocycles. The van der Waals surface area contributed by atoms with Gasteiger partial charge in [-0.1, -0.05) is 30.3 Å². The Morgan fingerprint density at radius 1 is 1.26 bits per heavy atom. The summed E-state index contributed by atoms with van der Waals surface area (Å²) in [5.41, 5.74) is -0.227. The number of esters is 2. The first-order chi connectivity index (χ1) is 9.21. The lowest BCUT2D eigenvalue weighted by molar-refractivity contribution is -0.171. The molecular formula is C14H14O5. The van der Waals surface area contributed by atoms with Crippen molar-refractivity contribution >= 4 is 11.9 Å². The Hall–Kier alpha value is -1.88. The second-order valence-electron chi connectivity index (χ2n) is 4.74. The van der Waals surface area contributed by atoms with Gasteiger partial charge in [0.15, 0.2) is 0 Å². The number of carbonyl (C=O) groups excluding carboxylic acids is 2. The number of cyclic esters (lactones) is 1.